The van der Waals surface area contributed by atoms with Gasteiger partial charge in [-0.2, -0.15) is 5.26 Å². The van der Waals surface area contributed by atoms with E-state index in [0.29, 0.717) is 17.9 Å². The average molecular weight is 374 g/mol. The maximum absolute atomic E-state index is 9.10. The van der Waals surface area contributed by atoms with Crippen LogP contribution in [0.1, 0.15) is 18.4 Å². The quantitative estimate of drug-likeness (QED) is 0.635. The summed E-state index contributed by atoms with van der Waals surface area (Å²) in [7, 11) is 0. The maximum atomic E-state index is 9.10. The zero-order chi connectivity index (χ0) is 19.2. The smallest absolute Gasteiger partial charge is 0.137 e. The first-order valence-electron chi connectivity index (χ1n) is 10.0. The lowest BCUT2D eigenvalue weighted by Crippen LogP contribution is -2.46. The Morgan fingerprint density at radius 3 is 2.68 bits per heavy atom. The second-order valence-electron chi connectivity index (χ2n) is 7.21. The van der Waals surface area contributed by atoms with Crippen molar-refractivity contribution in [3.8, 4) is 11.8 Å². The molecular weight excluding hydrogens is 348 g/mol. The molecule has 5 nitrogen and oxygen atoms in total. The zero-order valence-corrected chi connectivity index (χ0v) is 16.1. The molecule has 0 atom stereocenters. The van der Waals surface area contributed by atoms with Gasteiger partial charge in [0.1, 0.15) is 11.8 Å². The number of rotatable bonds is 7. The second-order valence-corrected chi connectivity index (χ2v) is 7.21. The SMILES string of the molecule is N#Cc1ccccc1OCCCCN1CCN(c2cccc3[nH]ccc23)CC1. The number of aromatic amines is 1. The van der Waals surface area contributed by atoms with Gasteiger partial charge in [-0.25, -0.2) is 0 Å². The number of unbranched alkanes of at least 4 members (excludes halogenated alkanes) is 1. The summed E-state index contributed by atoms with van der Waals surface area (Å²) in [6.07, 6.45) is 4.13. The number of para-hydroxylation sites is 1. The van der Waals surface area contributed by atoms with Crippen molar-refractivity contribution in [2.75, 3.05) is 44.2 Å². The highest BCUT2D eigenvalue weighted by Gasteiger charge is 2.18. The molecule has 1 aromatic heterocycles. The van der Waals surface area contributed by atoms with E-state index in [1.54, 1.807) is 6.07 Å². The fraction of sp³-hybridized carbons (Fsp3) is 0.348. The van der Waals surface area contributed by atoms with Gasteiger partial charge in [0.2, 0.25) is 0 Å². The highest BCUT2D eigenvalue weighted by molar-refractivity contribution is 5.92. The number of fused-ring (bicyclic) bond motifs is 1. The number of nitrogens with zero attached hydrogens (tertiary/aromatic N) is 3. The summed E-state index contributed by atoms with van der Waals surface area (Å²) in [5.74, 6) is 0.692. The molecule has 1 N–H and O–H groups in total. The minimum absolute atomic E-state index is 0.607. The molecule has 0 amide bonds. The number of aromatic nitrogens is 1. The van der Waals surface area contributed by atoms with E-state index >= 15 is 0 Å². The second kappa shape index (κ2) is 8.81. The highest BCUT2D eigenvalue weighted by atomic mass is 16.5. The normalized spacial score (nSPS) is 14.9. The Bertz CT molecular complexity index is 950. The van der Waals surface area contributed by atoms with Crippen LogP contribution in [0.4, 0.5) is 5.69 Å². The molecule has 4 rings (SSSR count). The molecule has 1 saturated heterocycles. The van der Waals surface area contributed by atoms with Crippen molar-refractivity contribution in [1.29, 1.82) is 5.26 Å². The van der Waals surface area contributed by atoms with Crippen LogP contribution in [0, 0.1) is 11.3 Å². The summed E-state index contributed by atoms with van der Waals surface area (Å²) in [5, 5.41) is 10.4. The third kappa shape index (κ3) is 4.13. The number of ether oxygens (including phenoxy) is 1. The van der Waals surface area contributed by atoms with Gasteiger partial charge in [-0.3, -0.25) is 4.90 Å². The molecule has 0 spiro atoms. The van der Waals surface area contributed by atoms with Crippen LogP contribution < -0.4 is 9.64 Å². The monoisotopic (exact) mass is 374 g/mol. The third-order valence-electron chi connectivity index (χ3n) is 5.42. The van der Waals surface area contributed by atoms with Crippen molar-refractivity contribution >= 4 is 16.6 Å². The Kier molecular flexibility index (Phi) is 5.79. The molecule has 1 aliphatic heterocycles. The van der Waals surface area contributed by atoms with E-state index in [1.807, 2.05) is 24.4 Å². The number of nitrogens with one attached hydrogen (secondary N) is 1. The van der Waals surface area contributed by atoms with Gasteiger partial charge < -0.3 is 14.6 Å². The van der Waals surface area contributed by atoms with E-state index in [4.69, 9.17) is 10.00 Å². The third-order valence-corrected chi connectivity index (χ3v) is 5.42. The lowest BCUT2D eigenvalue weighted by molar-refractivity contribution is 0.238. The van der Waals surface area contributed by atoms with E-state index in [1.165, 1.54) is 16.6 Å². The van der Waals surface area contributed by atoms with Crippen LogP contribution >= 0.6 is 0 Å². The predicted molar refractivity (Wildman–Crippen MR) is 113 cm³/mol. The lowest BCUT2D eigenvalue weighted by Gasteiger charge is -2.36. The largest absolute Gasteiger partial charge is 0.492 e. The van der Waals surface area contributed by atoms with Gasteiger partial charge in [0.25, 0.3) is 0 Å². The van der Waals surface area contributed by atoms with Gasteiger partial charge in [-0.1, -0.05) is 18.2 Å². The van der Waals surface area contributed by atoms with Crippen LogP contribution in [0.25, 0.3) is 10.9 Å². The molecule has 0 radical (unpaired) electrons. The molecule has 2 heterocycles. The first kappa shape index (κ1) is 18.4. The molecule has 28 heavy (non-hydrogen) atoms. The molecule has 3 aromatic rings. The van der Waals surface area contributed by atoms with Crippen LogP contribution in [-0.2, 0) is 0 Å². The zero-order valence-electron chi connectivity index (χ0n) is 16.1. The molecule has 0 aliphatic carbocycles. The predicted octanol–water partition coefficient (Wildman–Crippen LogP) is 4.02. The number of benzene rings is 2. The van der Waals surface area contributed by atoms with E-state index in [2.05, 4.69) is 45.1 Å². The average Bonchev–Trinajstić information content (AvgIpc) is 3.23. The van der Waals surface area contributed by atoms with Gasteiger partial charge in [-0.05, 0) is 49.7 Å². The summed E-state index contributed by atoms with van der Waals surface area (Å²) in [5.41, 5.74) is 3.15. The Morgan fingerprint density at radius 2 is 1.82 bits per heavy atom. The fourth-order valence-corrected chi connectivity index (χ4v) is 3.86. The summed E-state index contributed by atoms with van der Waals surface area (Å²) in [6.45, 7) is 6.09. The minimum Gasteiger partial charge on any atom is -0.492 e. The van der Waals surface area contributed by atoms with Crippen molar-refractivity contribution in [3.63, 3.8) is 0 Å². The summed E-state index contributed by atoms with van der Waals surface area (Å²) in [6, 6.07) is 18.3. The highest BCUT2D eigenvalue weighted by Crippen LogP contribution is 2.27. The van der Waals surface area contributed by atoms with Crippen molar-refractivity contribution < 1.29 is 4.74 Å². The topological polar surface area (TPSA) is 55.3 Å². The van der Waals surface area contributed by atoms with E-state index in [9.17, 15) is 0 Å². The van der Waals surface area contributed by atoms with E-state index < -0.39 is 0 Å². The summed E-state index contributed by atoms with van der Waals surface area (Å²) in [4.78, 5) is 8.33. The molecular formula is C23H26N4O. The minimum atomic E-state index is 0.607. The van der Waals surface area contributed by atoms with Crippen molar-refractivity contribution in [2.24, 2.45) is 0 Å². The number of piperazine rings is 1. The molecule has 0 bridgehead atoms. The van der Waals surface area contributed by atoms with Gasteiger partial charge in [0, 0.05) is 49.0 Å². The van der Waals surface area contributed by atoms with Crippen molar-refractivity contribution in [3.05, 3.63) is 60.3 Å². The van der Waals surface area contributed by atoms with Crippen LogP contribution in [0.2, 0.25) is 0 Å². The van der Waals surface area contributed by atoms with Crippen LogP contribution in [0.3, 0.4) is 0 Å². The molecule has 0 unspecified atom stereocenters. The molecule has 0 saturated carbocycles. The molecule has 144 valence electrons. The van der Waals surface area contributed by atoms with Gasteiger partial charge in [0.15, 0.2) is 0 Å². The first-order valence-corrected chi connectivity index (χ1v) is 10.0. The van der Waals surface area contributed by atoms with Gasteiger partial charge in [0.05, 0.1) is 12.2 Å². The Morgan fingerprint density at radius 1 is 0.964 bits per heavy atom. The van der Waals surface area contributed by atoms with Crippen molar-refractivity contribution in [2.45, 2.75) is 12.8 Å². The molecule has 1 fully saturated rings. The molecule has 2 aromatic carbocycles. The van der Waals surface area contributed by atoms with Gasteiger partial charge >= 0.3 is 0 Å². The number of hydrogen-bond acceptors (Lipinski definition) is 4. The Hall–Kier alpha value is -2.97. The summed E-state index contributed by atoms with van der Waals surface area (Å²) >= 11 is 0. The number of nitriles is 1. The van der Waals surface area contributed by atoms with Crippen LogP contribution in [0.5, 0.6) is 5.75 Å². The Balaban J connectivity index is 1.19. The van der Waals surface area contributed by atoms with Gasteiger partial charge in [-0.15, -0.1) is 0 Å². The fourth-order valence-electron chi connectivity index (χ4n) is 3.86. The summed E-state index contributed by atoms with van der Waals surface area (Å²) < 4.78 is 5.77. The van der Waals surface area contributed by atoms with Crippen molar-refractivity contribution in [1.82, 2.24) is 9.88 Å². The van der Waals surface area contributed by atoms with Crippen LogP contribution in [0.15, 0.2) is 54.7 Å². The Labute approximate surface area is 166 Å². The van der Waals surface area contributed by atoms with Crippen LogP contribution in [-0.4, -0.2) is 49.2 Å². The first-order chi connectivity index (χ1) is 13.8. The standard InChI is InChI=1S/C23H26N4O/c24-18-19-6-1-2-9-23(19)28-17-4-3-12-26-13-15-27(16-14-26)22-8-5-7-21-20(22)10-11-25-21/h1-2,5-11,25H,3-4,12-17H2. The lowest BCUT2D eigenvalue weighted by atomic mass is 10.1. The molecule has 1 aliphatic rings. The van der Waals surface area contributed by atoms with E-state index in [-0.39, 0.29) is 0 Å². The molecule has 5 heteroatoms. The maximum Gasteiger partial charge on any atom is 0.137 e. The van der Waals surface area contributed by atoms with E-state index in [0.717, 1.165) is 45.6 Å². The number of H-pyrrole nitrogens is 1. The number of hydrogen-bond donors (Lipinski definition) is 1. The number of anilines is 1.